The molecule has 0 unspecified atom stereocenters. The number of para-hydroxylation sites is 1. The normalized spacial score (nSPS) is 11.1. The standard InChI is InChI=1S/C16H18N4O/c1-2-9-17-10-8-15-19-20-16(21-15)13-7-11-18-14-6-4-3-5-12(13)14/h3-7,11,17H,2,8-10H2,1H3. The molecule has 0 aliphatic carbocycles. The van der Waals surface area contributed by atoms with Gasteiger partial charge in [0, 0.05) is 30.1 Å². The second-order valence-electron chi connectivity index (χ2n) is 4.88. The molecule has 3 rings (SSSR count). The Hall–Kier alpha value is -2.27. The molecule has 2 aromatic heterocycles. The molecule has 0 aliphatic heterocycles. The largest absolute Gasteiger partial charge is 0.421 e. The van der Waals surface area contributed by atoms with Gasteiger partial charge in [0.1, 0.15) is 0 Å². The molecule has 2 heterocycles. The summed E-state index contributed by atoms with van der Waals surface area (Å²) in [4.78, 5) is 4.34. The van der Waals surface area contributed by atoms with Crippen LogP contribution in [0.5, 0.6) is 0 Å². The lowest BCUT2D eigenvalue weighted by Crippen LogP contribution is -2.17. The highest BCUT2D eigenvalue weighted by molar-refractivity contribution is 5.91. The van der Waals surface area contributed by atoms with E-state index in [9.17, 15) is 0 Å². The van der Waals surface area contributed by atoms with E-state index >= 15 is 0 Å². The fourth-order valence-corrected chi connectivity index (χ4v) is 2.24. The van der Waals surface area contributed by atoms with Crippen molar-refractivity contribution < 1.29 is 4.42 Å². The van der Waals surface area contributed by atoms with Crippen LogP contribution in [0.2, 0.25) is 0 Å². The summed E-state index contributed by atoms with van der Waals surface area (Å²) < 4.78 is 5.77. The Labute approximate surface area is 123 Å². The second-order valence-corrected chi connectivity index (χ2v) is 4.88. The molecular formula is C16H18N4O. The van der Waals surface area contributed by atoms with E-state index in [1.165, 1.54) is 0 Å². The third kappa shape index (κ3) is 3.08. The van der Waals surface area contributed by atoms with E-state index in [1.807, 2.05) is 30.3 Å². The lowest BCUT2D eigenvalue weighted by Gasteiger charge is -2.01. The molecule has 0 spiro atoms. The van der Waals surface area contributed by atoms with Crippen LogP contribution in [0.25, 0.3) is 22.4 Å². The highest BCUT2D eigenvalue weighted by Gasteiger charge is 2.11. The molecule has 0 radical (unpaired) electrons. The minimum absolute atomic E-state index is 0.555. The molecule has 0 bridgehead atoms. The van der Waals surface area contributed by atoms with Gasteiger partial charge in [-0.3, -0.25) is 4.98 Å². The second kappa shape index (κ2) is 6.45. The van der Waals surface area contributed by atoms with Crippen LogP contribution >= 0.6 is 0 Å². The van der Waals surface area contributed by atoms with Crippen molar-refractivity contribution in [2.75, 3.05) is 13.1 Å². The van der Waals surface area contributed by atoms with Gasteiger partial charge in [-0.05, 0) is 25.1 Å². The van der Waals surface area contributed by atoms with Crippen LogP contribution in [0.3, 0.4) is 0 Å². The first-order chi connectivity index (χ1) is 10.4. The van der Waals surface area contributed by atoms with Gasteiger partial charge in [0.15, 0.2) is 0 Å². The van der Waals surface area contributed by atoms with E-state index in [0.717, 1.165) is 42.4 Å². The van der Waals surface area contributed by atoms with E-state index in [2.05, 4.69) is 27.4 Å². The van der Waals surface area contributed by atoms with Crippen LogP contribution in [0.4, 0.5) is 0 Å². The van der Waals surface area contributed by atoms with Crippen LogP contribution in [0, 0.1) is 0 Å². The lowest BCUT2D eigenvalue weighted by molar-refractivity contribution is 0.494. The number of nitrogens with zero attached hydrogens (tertiary/aromatic N) is 3. The molecule has 0 aliphatic rings. The van der Waals surface area contributed by atoms with Gasteiger partial charge < -0.3 is 9.73 Å². The van der Waals surface area contributed by atoms with Crippen molar-refractivity contribution in [2.45, 2.75) is 19.8 Å². The van der Waals surface area contributed by atoms with Crippen molar-refractivity contribution in [3.8, 4) is 11.5 Å². The van der Waals surface area contributed by atoms with Crippen molar-refractivity contribution in [3.63, 3.8) is 0 Å². The average Bonchev–Trinajstić information content (AvgIpc) is 3.00. The summed E-state index contributed by atoms with van der Waals surface area (Å²) in [5, 5.41) is 12.6. The van der Waals surface area contributed by atoms with E-state index in [0.29, 0.717) is 11.8 Å². The molecule has 0 atom stereocenters. The Morgan fingerprint density at radius 3 is 2.90 bits per heavy atom. The van der Waals surface area contributed by atoms with Crippen LogP contribution in [0.1, 0.15) is 19.2 Å². The fraction of sp³-hybridized carbons (Fsp3) is 0.312. The van der Waals surface area contributed by atoms with Crippen LogP contribution in [0.15, 0.2) is 40.9 Å². The van der Waals surface area contributed by atoms with E-state index in [-0.39, 0.29) is 0 Å². The Kier molecular flexibility index (Phi) is 4.21. The molecule has 0 amide bonds. The number of aromatic nitrogens is 3. The average molecular weight is 282 g/mol. The summed E-state index contributed by atoms with van der Waals surface area (Å²) in [6.45, 7) is 4.01. The molecule has 0 saturated carbocycles. The monoisotopic (exact) mass is 282 g/mol. The number of pyridine rings is 1. The van der Waals surface area contributed by atoms with Gasteiger partial charge >= 0.3 is 0 Å². The van der Waals surface area contributed by atoms with Gasteiger partial charge in [0.2, 0.25) is 11.8 Å². The zero-order valence-corrected chi connectivity index (χ0v) is 12.0. The number of benzene rings is 1. The van der Waals surface area contributed by atoms with Gasteiger partial charge in [-0.15, -0.1) is 10.2 Å². The summed E-state index contributed by atoms with van der Waals surface area (Å²) >= 11 is 0. The molecule has 108 valence electrons. The maximum Gasteiger partial charge on any atom is 0.248 e. The van der Waals surface area contributed by atoms with Gasteiger partial charge in [-0.25, -0.2) is 0 Å². The molecule has 5 nitrogen and oxygen atoms in total. The van der Waals surface area contributed by atoms with Crippen molar-refractivity contribution in [1.82, 2.24) is 20.5 Å². The SMILES string of the molecule is CCCNCCc1nnc(-c2ccnc3ccccc23)o1. The van der Waals surface area contributed by atoms with Crippen molar-refractivity contribution in [3.05, 3.63) is 42.4 Å². The summed E-state index contributed by atoms with van der Waals surface area (Å²) in [6.07, 6.45) is 3.64. The predicted molar refractivity (Wildman–Crippen MR) is 81.9 cm³/mol. The quantitative estimate of drug-likeness (QED) is 0.704. The Bertz CT molecular complexity index is 718. The van der Waals surface area contributed by atoms with Crippen LogP contribution < -0.4 is 5.32 Å². The van der Waals surface area contributed by atoms with Gasteiger partial charge in [0.05, 0.1) is 5.52 Å². The highest BCUT2D eigenvalue weighted by atomic mass is 16.4. The minimum Gasteiger partial charge on any atom is -0.421 e. The number of rotatable bonds is 6. The topological polar surface area (TPSA) is 63.8 Å². The van der Waals surface area contributed by atoms with E-state index < -0.39 is 0 Å². The van der Waals surface area contributed by atoms with Crippen LogP contribution in [-0.4, -0.2) is 28.3 Å². The molecule has 1 N–H and O–H groups in total. The molecule has 21 heavy (non-hydrogen) atoms. The first-order valence-electron chi connectivity index (χ1n) is 7.25. The van der Waals surface area contributed by atoms with Gasteiger partial charge in [-0.1, -0.05) is 25.1 Å². The first kappa shape index (κ1) is 13.7. The number of hydrogen-bond acceptors (Lipinski definition) is 5. The molecule has 3 aromatic rings. The molecule has 1 aromatic carbocycles. The molecule has 5 heteroatoms. The smallest absolute Gasteiger partial charge is 0.248 e. The predicted octanol–water partition coefficient (Wildman–Crippen LogP) is 2.83. The summed E-state index contributed by atoms with van der Waals surface area (Å²) in [5.74, 6) is 1.22. The zero-order valence-electron chi connectivity index (χ0n) is 12.0. The molecule has 0 saturated heterocycles. The summed E-state index contributed by atoms with van der Waals surface area (Å²) in [6, 6.07) is 9.86. The number of fused-ring (bicyclic) bond motifs is 1. The zero-order chi connectivity index (χ0) is 14.5. The lowest BCUT2D eigenvalue weighted by atomic mass is 10.1. The van der Waals surface area contributed by atoms with Crippen LogP contribution in [-0.2, 0) is 6.42 Å². The van der Waals surface area contributed by atoms with Gasteiger partial charge in [0.25, 0.3) is 0 Å². The van der Waals surface area contributed by atoms with E-state index in [1.54, 1.807) is 6.20 Å². The molecule has 0 fully saturated rings. The minimum atomic E-state index is 0.555. The maximum atomic E-state index is 5.77. The Morgan fingerprint density at radius 2 is 2.00 bits per heavy atom. The van der Waals surface area contributed by atoms with Crippen molar-refractivity contribution >= 4 is 10.9 Å². The Morgan fingerprint density at radius 1 is 1.10 bits per heavy atom. The first-order valence-corrected chi connectivity index (χ1v) is 7.25. The summed E-state index contributed by atoms with van der Waals surface area (Å²) in [7, 11) is 0. The third-order valence-corrected chi connectivity index (χ3v) is 3.29. The maximum absolute atomic E-state index is 5.77. The summed E-state index contributed by atoms with van der Waals surface area (Å²) in [5.41, 5.74) is 1.86. The third-order valence-electron chi connectivity index (χ3n) is 3.29. The fourth-order valence-electron chi connectivity index (χ4n) is 2.24. The van der Waals surface area contributed by atoms with E-state index in [4.69, 9.17) is 4.42 Å². The number of nitrogens with one attached hydrogen (secondary N) is 1. The van der Waals surface area contributed by atoms with Gasteiger partial charge in [-0.2, -0.15) is 0 Å². The number of hydrogen-bond donors (Lipinski definition) is 1. The Balaban J connectivity index is 1.81. The van der Waals surface area contributed by atoms with Crippen molar-refractivity contribution in [2.24, 2.45) is 0 Å². The van der Waals surface area contributed by atoms with Crippen molar-refractivity contribution in [1.29, 1.82) is 0 Å². The molecular weight excluding hydrogens is 264 g/mol. The highest BCUT2D eigenvalue weighted by Crippen LogP contribution is 2.26.